The van der Waals surface area contributed by atoms with Gasteiger partial charge in [0.05, 0.1) is 6.54 Å². The number of carboxylic acid groups (broad SMARTS) is 1. The number of halogens is 2. The Balaban J connectivity index is 2.39. The summed E-state index contributed by atoms with van der Waals surface area (Å²) in [4.78, 5) is 10.2. The number of hydrogen-bond acceptors (Lipinski definition) is 3. The third-order valence-electron chi connectivity index (χ3n) is 2.11. The molecular weight excluding hydrogens is 182 g/mol. The van der Waals surface area contributed by atoms with E-state index in [-0.39, 0.29) is 19.3 Å². The Bertz CT molecular complexity index is 211. The van der Waals surface area contributed by atoms with Crippen LogP contribution in [0.5, 0.6) is 0 Å². The quantitative estimate of drug-likeness (QED) is 0.639. The molecule has 6 heteroatoms. The van der Waals surface area contributed by atoms with Crippen LogP contribution in [0.3, 0.4) is 0 Å². The lowest BCUT2D eigenvalue weighted by Gasteiger charge is -2.16. The van der Waals surface area contributed by atoms with Crippen LogP contribution in [-0.2, 0) is 4.79 Å². The minimum atomic E-state index is -2.77. The van der Waals surface area contributed by atoms with Crippen molar-refractivity contribution in [2.45, 2.75) is 31.2 Å². The predicted molar refractivity (Wildman–Crippen MR) is 41.1 cm³/mol. The van der Waals surface area contributed by atoms with Crippen molar-refractivity contribution >= 4 is 5.97 Å². The van der Waals surface area contributed by atoms with Crippen molar-refractivity contribution in [1.29, 1.82) is 0 Å². The van der Waals surface area contributed by atoms with E-state index >= 15 is 0 Å². The molecule has 1 heterocycles. The number of hydrazine groups is 1. The van der Waals surface area contributed by atoms with E-state index in [1.54, 1.807) is 0 Å². The summed E-state index contributed by atoms with van der Waals surface area (Å²) in [5, 5.41) is 9.37. The molecule has 1 rings (SSSR count). The molecule has 1 aliphatic heterocycles. The Hall–Kier alpha value is -0.750. The molecule has 76 valence electrons. The van der Waals surface area contributed by atoms with Gasteiger partial charge >= 0.3 is 5.97 Å². The lowest BCUT2D eigenvalue weighted by atomic mass is 10.1. The molecule has 0 aromatic rings. The molecule has 0 radical (unpaired) electrons. The van der Waals surface area contributed by atoms with Gasteiger partial charge in [-0.25, -0.2) is 13.8 Å². The summed E-state index contributed by atoms with van der Waals surface area (Å²) in [7, 11) is 0. The van der Waals surface area contributed by atoms with Gasteiger partial charge in [0.25, 0.3) is 5.92 Å². The van der Waals surface area contributed by atoms with Gasteiger partial charge < -0.3 is 5.11 Å². The zero-order valence-corrected chi connectivity index (χ0v) is 7.04. The maximum absolute atomic E-state index is 12.7. The molecule has 0 bridgehead atoms. The van der Waals surface area contributed by atoms with Gasteiger partial charge in [-0.15, -0.1) is 0 Å². The molecule has 1 atom stereocenters. The molecule has 4 nitrogen and oxygen atoms in total. The first-order chi connectivity index (χ1) is 5.91. The van der Waals surface area contributed by atoms with E-state index in [2.05, 4.69) is 0 Å². The molecule has 1 fully saturated rings. The summed E-state index contributed by atoms with van der Waals surface area (Å²) >= 11 is 0. The van der Waals surface area contributed by atoms with Crippen molar-refractivity contribution in [3.63, 3.8) is 0 Å². The van der Waals surface area contributed by atoms with Crippen LogP contribution < -0.4 is 5.84 Å². The van der Waals surface area contributed by atoms with Crippen molar-refractivity contribution in [2.75, 3.05) is 6.54 Å². The molecule has 0 spiro atoms. The Labute approximate surface area is 74.3 Å². The molecule has 0 amide bonds. The molecule has 3 N–H and O–H groups in total. The Morgan fingerprint density at radius 3 is 2.69 bits per heavy atom. The zero-order chi connectivity index (χ0) is 10.1. The second kappa shape index (κ2) is 3.55. The van der Waals surface area contributed by atoms with E-state index in [0.29, 0.717) is 0 Å². The monoisotopic (exact) mass is 194 g/mol. The highest BCUT2D eigenvalue weighted by Crippen LogP contribution is 2.31. The summed E-state index contributed by atoms with van der Waals surface area (Å²) in [6.07, 6.45) is -0.271. The van der Waals surface area contributed by atoms with Crippen LogP contribution in [0.15, 0.2) is 0 Å². The fraction of sp³-hybridized carbons (Fsp3) is 0.857. The number of carbonyl (C=O) groups is 1. The highest BCUT2D eigenvalue weighted by molar-refractivity contribution is 5.66. The SMILES string of the molecule is NN1CC(F)(F)C[C@H]1CCC(=O)O. The first kappa shape index (κ1) is 10.3. The van der Waals surface area contributed by atoms with Gasteiger partial charge in [0.2, 0.25) is 0 Å². The summed E-state index contributed by atoms with van der Waals surface area (Å²) in [6.45, 7) is -0.475. The van der Waals surface area contributed by atoms with Gasteiger partial charge in [-0.2, -0.15) is 0 Å². The molecule has 1 aliphatic rings. The number of alkyl halides is 2. The third-order valence-corrected chi connectivity index (χ3v) is 2.11. The van der Waals surface area contributed by atoms with Crippen molar-refractivity contribution in [1.82, 2.24) is 5.01 Å². The topological polar surface area (TPSA) is 66.6 Å². The molecule has 0 saturated carbocycles. The lowest BCUT2D eigenvalue weighted by molar-refractivity contribution is -0.137. The Morgan fingerprint density at radius 2 is 2.31 bits per heavy atom. The van der Waals surface area contributed by atoms with E-state index in [1.165, 1.54) is 0 Å². The molecule has 0 aromatic heterocycles. The predicted octanol–water partition coefficient (Wildman–Crippen LogP) is 0.435. The van der Waals surface area contributed by atoms with Gasteiger partial charge in [-0.05, 0) is 6.42 Å². The van der Waals surface area contributed by atoms with E-state index in [0.717, 1.165) is 5.01 Å². The standard InChI is InChI=1S/C7H12F2N2O2/c8-7(9)3-5(11(10)4-7)1-2-6(12)13/h5H,1-4,10H2,(H,12,13)/t5-/m1/s1. The van der Waals surface area contributed by atoms with Gasteiger partial charge in [0.1, 0.15) is 0 Å². The number of aliphatic carboxylic acids is 1. The number of hydrogen-bond donors (Lipinski definition) is 2. The van der Waals surface area contributed by atoms with Crippen molar-refractivity contribution in [3.8, 4) is 0 Å². The van der Waals surface area contributed by atoms with E-state index in [4.69, 9.17) is 10.9 Å². The van der Waals surface area contributed by atoms with Gasteiger partial charge in [0.15, 0.2) is 0 Å². The first-order valence-electron chi connectivity index (χ1n) is 4.02. The summed E-state index contributed by atoms with van der Waals surface area (Å²) < 4.78 is 25.4. The van der Waals surface area contributed by atoms with Crippen LogP contribution in [0.25, 0.3) is 0 Å². The Kier molecular flexibility index (Phi) is 2.82. The molecular formula is C7H12F2N2O2. The number of nitrogens with two attached hydrogens (primary N) is 1. The summed E-state index contributed by atoms with van der Waals surface area (Å²) in [5.74, 6) is 1.55. The highest BCUT2D eigenvalue weighted by atomic mass is 19.3. The fourth-order valence-corrected chi connectivity index (χ4v) is 1.48. The largest absolute Gasteiger partial charge is 0.481 e. The fourth-order valence-electron chi connectivity index (χ4n) is 1.48. The molecule has 0 aromatic carbocycles. The minimum Gasteiger partial charge on any atom is -0.481 e. The van der Waals surface area contributed by atoms with E-state index in [1.807, 2.05) is 0 Å². The number of nitrogens with zero attached hydrogens (tertiary/aromatic N) is 1. The number of carboxylic acids is 1. The van der Waals surface area contributed by atoms with Crippen LogP contribution in [0, 0.1) is 0 Å². The van der Waals surface area contributed by atoms with Crippen molar-refractivity contribution < 1.29 is 18.7 Å². The average molecular weight is 194 g/mol. The zero-order valence-electron chi connectivity index (χ0n) is 7.04. The normalized spacial score (nSPS) is 27.8. The van der Waals surface area contributed by atoms with Crippen LogP contribution in [0.1, 0.15) is 19.3 Å². The molecule has 0 unspecified atom stereocenters. The van der Waals surface area contributed by atoms with Crippen LogP contribution in [0.4, 0.5) is 8.78 Å². The van der Waals surface area contributed by atoms with Crippen LogP contribution in [-0.4, -0.2) is 34.6 Å². The maximum Gasteiger partial charge on any atom is 0.303 e. The van der Waals surface area contributed by atoms with Gasteiger partial charge in [0, 0.05) is 18.9 Å². The first-order valence-corrected chi connectivity index (χ1v) is 4.02. The second-order valence-electron chi connectivity index (χ2n) is 3.32. The highest BCUT2D eigenvalue weighted by Gasteiger charge is 2.43. The van der Waals surface area contributed by atoms with E-state index in [9.17, 15) is 13.6 Å². The third kappa shape index (κ3) is 2.89. The van der Waals surface area contributed by atoms with Crippen molar-refractivity contribution in [2.24, 2.45) is 5.84 Å². The number of rotatable bonds is 3. The average Bonchev–Trinajstić information content (AvgIpc) is 2.20. The smallest absolute Gasteiger partial charge is 0.303 e. The second-order valence-corrected chi connectivity index (χ2v) is 3.32. The lowest BCUT2D eigenvalue weighted by Crippen LogP contribution is -2.37. The maximum atomic E-state index is 12.7. The minimum absolute atomic E-state index is 0.117. The molecule has 1 saturated heterocycles. The molecule has 0 aliphatic carbocycles. The van der Waals surface area contributed by atoms with Gasteiger partial charge in [-0.1, -0.05) is 0 Å². The van der Waals surface area contributed by atoms with Crippen LogP contribution in [0.2, 0.25) is 0 Å². The van der Waals surface area contributed by atoms with Crippen LogP contribution >= 0.6 is 0 Å². The van der Waals surface area contributed by atoms with Crippen molar-refractivity contribution in [3.05, 3.63) is 0 Å². The van der Waals surface area contributed by atoms with E-state index < -0.39 is 24.5 Å². The summed E-state index contributed by atoms with van der Waals surface area (Å²) in [6, 6.07) is -0.508. The Morgan fingerprint density at radius 1 is 1.69 bits per heavy atom. The molecule has 13 heavy (non-hydrogen) atoms. The van der Waals surface area contributed by atoms with Gasteiger partial charge in [-0.3, -0.25) is 10.6 Å². The summed E-state index contributed by atoms with van der Waals surface area (Å²) in [5.41, 5.74) is 0.